The smallest absolute Gasteiger partial charge is 0.471 e. The predicted octanol–water partition coefficient (Wildman–Crippen LogP) is 5.15. The summed E-state index contributed by atoms with van der Waals surface area (Å²) >= 11 is 1.22. The first-order valence-electron chi connectivity index (χ1n) is 10.6. The van der Waals surface area contributed by atoms with Crippen LogP contribution in [0, 0.1) is 6.92 Å². The normalized spacial score (nSPS) is 15.8. The van der Waals surface area contributed by atoms with Gasteiger partial charge in [-0.05, 0) is 49.6 Å². The molecule has 1 aromatic carbocycles. The lowest BCUT2D eigenvalue weighted by Crippen LogP contribution is -2.49. The Kier molecular flexibility index (Phi) is 7.82. The summed E-state index contributed by atoms with van der Waals surface area (Å²) in [5.74, 6) is -2.07. The number of halogens is 3. The largest absolute Gasteiger partial charge is 0.497 e. The molecule has 5 nitrogen and oxygen atoms in total. The molecule has 1 aromatic heterocycles. The number of carbonyl (C=O) groups excluding carboxylic acids is 2. The Labute approximate surface area is 189 Å². The number of rotatable bonds is 7. The predicted molar refractivity (Wildman–Crippen MR) is 116 cm³/mol. The fourth-order valence-electron chi connectivity index (χ4n) is 3.92. The van der Waals surface area contributed by atoms with Gasteiger partial charge in [-0.2, -0.15) is 13.2 Å². The maximum Gasteiger partial charge on any atom is 0.471 e. The number of aryl methyl sites for hydroxylation is 1. The number of hydrogen-bond donors (Lipinski definition) is 1. The molecule has 0 spiro atoms. The topological polar surface area (TPSA) is 58.6 Å². The van der Waals surface area contributed by atoms with Gasteiger partial charge >= 0.3 is 12.1 Å². The van der Waals surface area contributed by atoms with Crippen molar-refractivity contribution < 1.29 is 27.5 Å². The van der Waals surface area contributed by atoms with Crippen LogP contribution >= 0.6 is 11.3 Å². The molecule has 1 saturated carbocycles. The van der Waals surface area contributed by atoms with Crippen molar-refractivity contribution in [3.05, 3.63) is 51.7 Å². The SMILES string of the molecule is COc1ccc(CN(C(=O)C(F)(F)F)[C@@H](C(=O)NC2CCCCC2)c2ccc(C)s2)cc1. The molecule has 1 atom stereocenters. The summed E-state index contributed by atoms with van der Waals surface area (Å²) in [6.07, 6.45) is -0.533. The molecule has 9 heteroatoms. The van der Waals surface area contributed by atoms with E-state index >= 15 is 0 Å². The van der Waals surface area contributed by atoms with Crippen LogP contribution in [-0.2, 0) is 16.1 Å². The molecule has 3 rings (SSSR count). The second-order valence-corrected chi connectivity index (χ2v) is 9.29. The first kappa shape index (κ1) is 24.1. The highest BCUT2D eigenvalue weighted by Gasteiger charge is 2.47. The van der Waals surface area contributed by atoms with E-state index in [0.29, 0.717) is 21.1 Å². The molecule has 0 radical (unpaired) electrons. The number of alkyl halides is 3. The van der Waals surface area contributed by atoms with Gasteiger partial charge in [0.25, 0.3) is 0 Å². The molecular formula is C23H27F3N2O3S. The van der Waals surface area contributed by atoms with Gasteiger partial charge in [-0.15, -0.1) is 11.3 Å². The van der Waals surface area contributed by atoms with E-state index in [0.717, 1.165) is 37.0 Å². The number of nitrogens with zero attached hydrogens (tertiary/aromatic N) is 1. The lowest BCUT2D eigenvalue weighted by molar-refractivity contribution is -0.189. The number of amides is 2. The molecule has 1 heterocycles. The molecular weight excluding hydrogens is 441 g/mol. The van der Waals surface area contributed by atoms with E-state index in [1.54, 1.807) is 36.4 Å². The minimum absolute atomic E-state index is 0.0939. The van der Waals surface area contributed by atoms with Gasteiger partial charge < -0.3 is 15.0 Å². The summed E-state index contributed by atoms with van der Waals surface area (Å²) in [7, 11) is 1.49. The fourth-order valence-corrected chi connectivity index (χ4v) is 4.91. The van der Waals surface area contributed by atoms with Gasteiger partial charge in [0.15, 0.2) is 0 Å². The molecule has 174 valence electrons. The van der Waals surface area contributed by atoms with Crippen LogP contribution in [0.25, 0.3) is 0 Å². The number of methoxy groups -OCH3 is 1. The van der Waals surface area contributed by atoms with Crippen LogP contribution in [0.4, 0.5) is 13.2 Å². The van der Waals surface area contributed by atoms with Crippen LogP contribution in [0.15, 0.2) is 36.4 Å². The molecule has 1 fully saturated rings. The molecule has 32 heavy (non-hydrogen) atoms. The van der Waals surface area contributed by atoms with Gasteiger partial charge in [-0.25, -0.2) is 0 Å². The van der Waals surface area contributed by atoms with E-state index in [9.17, 15) is 22.8 Å². The van der Waals surface area contributed by atoms with Crippen LogP contribution in [-0.4, -0.2) is 36.0 Å². The Hall–Kier alpha value is -2.55. The number of benzene rings is 1. The average molecular weight is 469 g/mol. The van der Waals surface area contributed by atoms with Crippen LogP contribution in [0.2, 0.25) is 0 Å². The van der Waals surface area contributed by atoms with Crippen LogP contribution < -0.4 is 10.1 Å². The van der Waals surface area contributed by atoms with Crippen molar-refractivity contribution >= 4 is 23.2 Å². The molecule has 1 aliphatic carbocycles. The van der Waals surface area contributed by atoms with E-state index < -0.39 is 24.0 Å². The van der Waals surface area contributed by atoms with Gasteiger partial charge in [0.1, 0.15) is 11.8 Å². The van der Waals surface area contributed by atoms with Gasteiger partial charge in [-0.3, -0.25) is 9.59 Å². The second-order valence-electron chi connectivity index (χ2n) is 7.97. The van der Waals surface area contributed by atoms with E-state index in [4.69, 9.17) is 4.74 Å². The highest BCUT2D eigenvalue weighted by atomic mass is 32.1. The summed E-state index contributed by atoms with van der Waals surface area (Å²) in [6, 6.07) is 8.29. The Morgan fingerprint density at radius 3 is 2.31 bits per heavy atom. The van der Waals surface area contributed by atoms with Crippen molar-refractivity contribution in [2.45, 2.75) is 63.8 Å². The standard InChI is InChI=1S/C23H27F3N2O3S/c1-15-8-13-19(32-15)20(21(29)27-17-6-4-3-5-7-17)28(22(30)23(24,25)26)14-16-9-11-18(31-2)12-10-16/h8-13,17,20H,3-7,14H2,1-2H3,(H,27,29)/t20-/m1/s1. The zero-order valence-corrected chi connectivity index (χ0v) is 18.9. The van der Waals surface area contributed by atoms with Crippen molar-refractivity contribution in [1.29, 1.82) is 0 Å². The summed E-state index contributed by atoms with van der Waals surface area (Å²) in [4.78, 5) is 27.7. The maximum absolute atomic E-state index is 13.6. The second kappa shape index (κ2) is 10.4. The summed E-state index contributed by atoms with van der Waals surface area (Å²) in [5, 5.41) is 2.90. The van der Waals surface area contributed by atoms with Gasteiger partial charge in [0.05, 0.1) is 7.11 Å². The third-order valence-electron chi connectivity index (χ3n) is 5.56. The Morgan fingerprint density at radius 1 is 1.12 bits per heavy atom. The lowest BCUT2D eigenvalue weighted by atomic mass is 9.95. The Bertz CT molecular complexity index is 921. The Morgan fingerprint density at radius 2 is 1.78 bits per heavy atom. The molecule has 0 aliphatic heterocycles. The van der Waals surface area contributed by atoms with Gasteiger partial charge in [0, 0.05) is 22.3 Å². The molecule has 0 bridgehead atoms. The molecule has 0 saturated heterocycles. The molecule has 0 unspecified atom stereocenters. The highest BCUT2D eigenvalue weighted by Crippen LogP contribution is 2.33. The van der Waals surface area contributed by atoms with Crippen LogP contribution in [0.3, 0.4) is 0 Å². The lowest BCUT2D eigenvalue weighted by Gasteiger charge is -2.33. The summed E-state index contributed by atoms with van der Waals surface area (Å²) in [6.45, 7) is 1.45. The summed E-state index contributed by atoms with van der Waals surface area (Å²) in [5.41, 5.74) is 0.465. The quantitative estimate of drug-likeness (QED) is 0.612. The fraction of sp³-hybridized carbons (Fsp3) is 0.478. The highest BCUT2D eigenvalue weighted by molar-refractivity contribution is 7.12. The minimum atomic E-state index is -5.11. The summed E-state index contributed by atoms with van der Waals surface area (Å²) < 4.78 is 45.8. The van der Waals surface area contributed by atoms with E-state index in [1.165, 1.54) is 18.4 Å². The monoisotopic (exact) mass is 468 g/mol. The Balaban J connectivity index is 1.96. The number of thiophene rings is 1. The maximum atomic E-state index is 13.6. The number of hydrogen-bond acceptors (Lipinski definition) is 4. The third-order valence-corrected chi connectivity index (χ3v) is 6.61. The van der Waals surface area contributed by atoms with Crippen LogP contribution in [0.1, 0.15) is 53.5 Å². The van der Waals surface area contributed by atoms with Crippen molar-refractivity contribution in [3.63, 3.8) is 0 Å². The van der Waals surface area contributed by atoms with Gasteiger partial charge in [0.2, 0.25) is 5.91 Å². The molecule has 1 aliphatic rings. The molecule has 1 N–H and O–H groups in total. The average Bonchev–Trinajstić information content (AvgIpc) is 3.19. The molecule has 2 aromatic rings. The van der Waals surface area contributed by atoms with Crippen molar-refractivity contribution in [1.82, 2.24) is 10.2 Å². The number of ether oxygens (including phenoxy) is 1. The zero-order chi connectivity index (χ0) is 23.3. The number of carbonyl (C=O) groups is 2. The van der Waals surface area contributed by atoms with Crippen LogP contribution in [0.5, 0.6) is 5.75 Å². The van der Waals surface area contributed by atoms with Crippen molar-refractivity contribution in [2.75, 3.05) is 7.11 Å². The van der Waals surface area contributed by atoms with E-state index in [1.807, 2.05) is 6.92 Å². The van der Waals surface area contributed by atoms with Crippen molar-refractivity contribution in [2.24, 2.45) is 0 Å². The third kappa shape index (κ3) is 6.03. The first-order chi connectivity index (χ1) is 15.2. The molecule has 2 amide bonds. The first-order valence-corrected chi connectivity index (χ1v) is 11.4. The van der Waals surface area contributed by atoms with Gasteiger partial charge in [-0.1, -0.05) is 31.4 Å². The van der Waals surface area contributed by atoms with E-state index in [-0.39, 0.29) is 12.6 Å². The number of nitrogens with one attached hydrogen (secondary N) is 1. The zero-order valence-electron chi connectivity index (χ0n) is 18.1. The van der Waals surface area contributed by atoms with E-state index in [2.05, 4.69) is 5.32 Å². The minimum Gasteiger partial charge on any atom is -0.497 e. The van der Waals surface area contributed by atoms with Crippen molar-refractivity contribution in [3.8, 4) is 5.75 Å².